The Balaban J connectivity index is 1.86. The van der Waals surface area contributed by atoms with Crippen LogP contribution in [0.4, 0.5) is 4.39 Å². The van der Waals surface area contributed by atoms with Crippen molar-refractivity contribution in [2.75, 3.05) is 0 Å². The van der Waals surface area contributed by atoms with Crippen molar-refractivity contribution in [2.45, 2.75) is 45.4 Å². The third-order valence-corrected chi connectivity index (χ3v) is 4.25. The summed E-state index contributed by atoms with van der Waals surface area (Å²) in [6, 6.07) is 5.62. The highest BCUT2D eigenvalue weighted by atomic mass is 19.1. The third kappa shape index (κ3) is 4.92. The number of esters is 1. The summed E-state index contributed by atoms with van der Waals surface area (Å²) in [6.07, 6.45) is 10.3. The molecule has 0 spiro atoms. The van der Waals surface area contributed by atoms with E-state index in [0.717, 1.165) is 44.6 Å². The molecule has 0 N–H and O–H groups in total. The Hall–Kier alpha value is -2.15. The van der Waals surface area contributed by atoms with Crippen molar-refractivity contribution in [1.29, 1.82) is 5.26 Å². The molecular formula is C19H22FNO2. The summed E-state index contributed by atoms with van der Waals surface area (Å²) < 4.78 is 18.8. The molecule has 2 rings (SSSR count). The molecular weight excluding hydrogens is 293 g/mol. The van der Waals surface area contributed by atoms with Gasteiger partial charge in [-0.05, 0) is 50.2 Å². The second-order valence-electron chi connectivity index (χ2n) is 6.00. The number of rotatable bonds is 5. The van der Waals surface area contributed by atoms with Crippen LogP contribution in [0.15, 0.2) is 30.4 Å². The summed E-state index contributed by atoms with van der Waals surface area (Å²) in [5.41, 5.74) is -0.0517. The van der Waals surface area contributed by atoms with Crippen molar-refractivity contribution in [3.05, 3.63) is 41.7 Å². The first kappa shape index (κ1) is 17.2. The van der Waals surface area contributed by atoms with Gasteiger partial charge in [0.2, 0.25) is 0 Å². The van der Waals surface area contributed by atoms with Gasteiger partial charge < -0.3 is 4.74 Å². The zero-order valence-electron chi connectivity index (χ0n) is 13.4. The highest BCUT2D eigenvalue weighted by molar-refractivity contribution is 5.75. The lowest BCUT2D eigenvalue weighted by Crippen LogP contribution is -2.25. The second kappa shape index (κ2) is 8.47. The van der Waals surface area contributed by atoms with Gasteiger partial charge in [0, 0.05) is 6.07 Å². The summed E-state index contributed by atoms with van der Waals surface area (Å²) in [7, 11) is 0. The average molecular weight is 315 g/mol. The number of hydrogen-bond acceptors (Lipinski definition) is 3. The number of nitrogens with zero attached hydrogens (tertiary/aromatic N) is 1. The molecule has 1 aliphatic rings. The van der Waals surface area contributed by atoms with E-state index in [2.05, 4.69) is 19.1 Å². The number of carbonyl (C=O) groups excluding carboxylic acids is 1. The fourth-order valence-corrected chi connectivity index (χ4v) is 2.85. The SMILES string of the molecule is CCC/C=C/[C@H]1CC[C@H](C(=O)Oc2ccc(C#N)c(F)c2)CC1. The topological polar surface area (TPSA) is 50.1 Å². The normalized spacial score (nSPS) is 21.1. The summed E-state index contributed by atoms with van der Waals surface area (Å²) in [4.78, 5) is 12.2. The van der Waals surface area contributed by atoms with E-state index < -0.39 is 5.82 Å². The highest BCUT2D eigenvalue weighted by Gasteiger charge is 2.26. The molecule has 3 nitrogen and oxygen atoms in total. The van der Waals surface area contributed by atoms with E-state index in [1.807, 2.05) is 0 Å². The number of benzene rings is 1. The number of hydrogen-bond donors (Lipinski definition) is 0. The predicted octanol–water partition coefficient (Wildman–Crippen LogP) is 4.77. The van der Waals surface area contributed by atoms with Gasteiger partial charge in [-0.15, -0.1) is 0 Å². The lowest BCUT2D eigenvalue weighted by atomic mass is 9.82. The van der Waals surface area contributed by atoms with Crippen molar-refractivity contribution in [1.82, 2.24) is 0 Å². The van der Waals surface area contributed by atoms with E-state index >= 15 is 0 Å². The van der Waals surface area contributed by atoms with Crippen LogP contribution in [-0.2, 0) is 4.79 Å². The fourth-order valence-electron chi connectivity index (χ4n) is 2.85. The quantitative estimate of drug-likeness (QED) is 0.447. The molecule has 1 aromatic rings. The maximum absolute atomic E-state index is 13.5. The van der Waals surface area contributed by atoms with Gasteiger partial charge in [-0.25, -0.2) is 4.39 Å². The zero-order chi connectivity index (χ0) is 16.7. The molecule has 0 amide bonds. The maximum Gasteiger partial charge on any atom is 0.314 e. The molecule has 0 bridgehead atoms. The molecule has 0 radical (unpaired) electrons. The molecule has 4 heteroatoms. The van der Waals surface area contributed by atoms with Crippen molar-refractivity contribution in [3.63, 3.8) is 0 Å². The Morgan fingerprint density at radius 3 is 2.74 bits per heavy atom. The van der Waals surface area contributed by atoms with E-state index in [4.69, 9.17) is 10.00 Å². The van der Waals surface area contributed by atoms with Gasteiger partial charge in [0.05, 0.1) is 11.5 Å². The molecule has 1 saturated carbocycles. The van der Waals surface area contributed by atoms with Crippen molar-refractivity contribution in [3.8, 4) is 11.8 Å². The van der Waals surface area contributed by atoms with E-state index in [0.29, 0.717) is 5.92 Å². The van der Waals surface area contributed by atoms with Crippen LogP contribution in [0.1, 0.15) is 51.0 Å². The molecule has 1 aliphatic carbocycles. The summed E-state index contributed by atoms with van der Waals surface area (Å²) in [5.74, 6) is -0.369. The summed E-state index contributed by atoms with van der Waals surface area (Å²) in [6.45, 7) is 2.16. The van der Waals surface area contributed by atoms with Gasteiger partial charge in [0.25, 0.3) is 0 Å². The van der Waals surface area contributed by atoms with Gasteiger partial charge >= 0.3 is 5.97 Å². The number of nitriles is 1. The van der Waals surface area contributed by atoms with E-state index in [9.17, 15) is 9.18 Å². The second-order valence-corrected chi connectivity index (χ2v) is 6.00. The molecule has 1 aromatic carbocycles. The molecule has 122 valence electrons. The molecule has 0 aromatic heterocycles. The van der Waals surface area contributed by atoms with Crippen LogP contribution in [0.3, 0.4) is 0 Å². The van der Waals surface area contributed by atoms with Crippen LogP contribution in [0.2, 0.25) is 0 Å². The number of unbranched alkanes of at least 4 members (excludes halogenated alkanes) is 1. The number of allylic oxidation sites excluding steroid dienone is 2. The molecule has 0 atom stereocenters. The van der Waals surface area contributed by atoms with Gasteiger partial charge in [-0.3, -0.25) is 4.79 Å². The number of halogens is 1. The van der Waals surface area contributed by atoms with Gasteiger partial charge in [-0.2, -0.15) is 5.26 Å². The van der Waals surface area contributed by atoms with Crippen LogP contribution in [0.25, 0.3) is 0 Å². The van der Waals surface area contributed by atoms with Crippen LogP contribution in [-0.4, -0.2) is 5.97 Å². The van der Waals surface area contributed by atoms with E-state index in [1.54, 1.807) is 6.07 Å². The fraction of sp³-hybridized carbons (Fsp3) is 0.474. The van der Waals surface area contributed by atoms with Crippen molar-refractivity contribution < 1.29 is 13.9 Å². The van der Waals surface area contributed by atoms with Crippen LogP contribution < -0.4 is 4.74 Å². The summed E-state index contributed by atoms with van der Waals surface area (Å²) in [5, 5.41) is 8.69. The minimum atomic E-state index is -0.664. The first-order valence-electron chi connectivity index (χ1n) is 8.22. The largest absolute Gasteiger partial charge is 0.426 e. The Bertz CT molecular complexity index is 610. The number of ether oxygens (including phenoxy) is 1. The molecule has 0 aliphatic heterocycles. The van der Waals surface area contributed by atoms with Crippen LogP contribution >= 0.6 is 0 Å². The van der Waals surface area contributed by atoms with Gasteiger partial charge in [-0.1, -0.05) is 25.5 Å². The minimum absolute atomic E-state index is 0.0517. The minimum Gasteiger partial charge on any atom is -0.426 e. The summed E-state index contributed by atoms with van der Waals surface area (Å²) >= 11 is 0. The first-order chi connectivity index (χ1) is 11.1. The van der Waals surface area contributed by atoms with Crippen LogP contribution in [0, 0.1) is 29.0 Å². The monoisotopic (exact) mass is 315 g/mol. The highest BCUT2D eigenvalue weighted by Crippen LogP contribution is 2.31. The van der Waals surface area contributed by atoms with Gasteiger partial charge in [0.15, 0.2) is 0 Å². The Labute approximate surface area is 136 Å². The van der Waals surface area contributed by atoms with Crippen molar-refractivity contribution in [2.24, 2.45) is 11.8 Å². The number of carbonyl (C=O) groups is 1. The van der Waals surface area contributed by atoms with Crippen molar-refractivity contribution >= 4 is 5.97 Å². The lowest BCUT2D eigenvalue weighted by Gasteiger charge is -2.25. The zero-order valence-corrected chi connectivity index (χ0v) is 13.4. The predicted molar refractivity (Wildman–Crippen MR) is 86.2 cm³/mol. The van der Waals surface area contributed by atoms with E-state index in [1.165, 1.54) is 12.1 Å². The molecule has 23 heavy (non-hydrogen) atoms. The molecule has 0 unspecified atom stereocenters. The Morgan fingerprint density at radius 2 is 2.13 bits per heavy atom. The van der Waals surface area contributed by atoms with Gasteiger partial charge in [0.1, 0.15) is 17.6 Å². The Morgan fingerprint density at radius 1 is 1.39 bits per heavy atom. The smallest absolute Gasteiger partial charge is 0.314 e. The molecule has 0 saturated heterocycles. The average Bonchev–Trinajstić information content (AvgIpc) is 2.56. The lowest BCUT2D eigenvalue weighted by molar-refractivity contribution is -0.140. The first-order valence-corrected chi connectivity index (χ1v) is 8.22. The molecule has 0 heterocycles. The Kier molecular flexibility index (Phi) is 6.34. The molecule has 1 fully saturated rings. The maximum atomic E-state index is 13.5. The van der Waals surface area contributed by atoms with Crippen LogP contribution in [0.5, 0.6) is 5.75 Å². The van der Waals surface area contributed by atoms with E-state index in [-0.39, 0.29) is 23.2 Å². The standard InChI is InChI=1S/C19H22FNO2/c1-2-3-4-5-14-6-8-15(9-7-14)19(22)23-17-11-10-16(13-21)18(20)12-17/h4-5,10-12,14-15H,2-3,6-9H2,1H3/b5-4+/t14-,15-. The third-order valence-electron chi connectivity index (χ3n) is 4.25.